The molecule has 12 nitrogen and oxygen atoms in total. The molecule has 0 aromatic heterocycles. The maximum Gasteiger partial charge on any atom is 0.408 e. The van der Waals surface area contributed by atoms with E-state index in [4.69, 9.17) is 4.74 Å². The lowest BCUT2D eigenvalue weighted by atomic mass is 10.0. The van der Waals surface area contributed by atoms with E-state index in [0.717, 1.165) is 23.6 Å². The number of ether oxygens (including phenoxy) is 1. The van der Waals surface area contributed by atoms with E-state index < -0.39 is 51.3 Å². The van der Waals surface area contributed by atoms with E-state index in [2.05, 4.69) is 15.4 Å². The SMILES string of the molecule is CCN(C)S(=O)(=O)NC(=O)[C@@]12C[C@H]1/C=C\CCCCC[C@H](NC(=O)OC(C)(C)C)C(=O)N1CCC[C@H]1C(=O)N2. The minimum absolute atomic E-state index is 0.170. The zero-order valence-corrected chi connectivity index (χ0v) is 24.4. The van der Waals surface area contributed by atoms with Crippen LogP contribution in [-0.4, -0.2) is 84.8 Å². The topological polar surface area (TPSA) is 154 Å². The second kappa shape index (κ2) is 12.2. The third-order valence-corrected chi connectivity index (χ3v) is 8.93. The van der Waals surface area contributed by atoms with Crippen LogP contribution in [0.4, 0.5) is 4.79 Å². The molecule has 13 heteroatoms. The van der Waals surface area contributed by atoms with Gasteiger partial charge in [-0.2, -0.15) is 12.7 Å². The highest BCUT2D eigenvalue weighted by molar-refractivity contribution is 7.87. The van der Waals surface area contributed by atoms with E-state index in [1.54, 1.807) is 27.7 Å². The smallest absolute Gasteiger partial charge is 0.408 e. The summed E-state index contributed by atoms with van der Waals surface area (Å²) < 4.78 is 33.6. The van der Waals surface area contributed by atoms with Crippen molar-refractivity contribution in [1.29, 1.82) is 0 Å². The van der Waals surface area contributed by atoms with E-state index in [1.165, 1.54) is 11.9 Å². The lowest BCUT2D eigenvalue weighted by Gasteiger charge is -2.30. The van der Waals surface area contributed by atoms with Gasteiger partial charge in [0.1, 0.15) is 23.2 Å². The van der Waals surface area contributed by atoms with Crippen molar-refractivity contribution >= 4 is 34.0 Å². The summed E-state index contributed by atoms with van der Waals surface area (Å²) in [4.78, 5) is 54.4. The van der Waals surface area contributed by atoms with Crippen LogP contribution in [0.5, 0.6) is 0 Å². The number of rotatable bonds is 5. The molecule has 0 radical (unpaired) electrons. The van der Waals surface area contributed by atoms with Crippen molar-refractivity contribution in [3.05, 3.63) is 12.2 Å². The normalized spacial score (nSPS) is 29.3. The largest absolute Gasteiger partial charge is 0.444 e. The Balaban J connectivity index is 1.84. The number of carbonyl (C=O) groups excluding carboxylic acids is 4. The molecule has 0 spiro atoms. The molecular formula is C26H43N5O7S. The fraction of sp³-hybridized carbons (Fsp3) is 0.769. The zero-order chi connectivity index (χ0) is 29.0. The molecule has 2 heterocycles. The fourth-order valence-electron chi connectivity index (χ4n) is 5.00. The molecule has 2 fully saturated rings. The summed E-state index contributed by atoms with van der Waals surface area (Å²) in [7, 11) is -2.71. The average molecular weight is 570 g/mol. The van der Waals surface area contributed by atoms with E-state index in [-0.39, 0.29) is 24.8 Å². The Bertz CT molecular complexity index is 1090. The van der Waals surface area contributed by atoms with Crippen LogP contribution in [0.15, 0.2) is 12.2 Å². The number of allylic oxidation sites excluding steroid dienone is 1. The molecule has 4 atom stereocenters. The fourth-order valence-corrected chi connectivity index (χ4v) is 5.91. The molecule has 0 unspecified atom stereocenters. The van der Waals surface area contributed by atoms with Crippen molar-refractivity contribution in [2.75, 3.05) is 20.1 Å². The van der Waals surface area contributed by atoms with E-state index >= 15 is 0 Å². The standard InChI is InChI=1S/C26H43N5O7S/c1-6-30(5)39(36,37)29-23(34)26-17-18(26)13-10-8-7-9-11-14-19(27-24(35)38-25(2,3)4)22(33)31-16-12-15-20(31)21(32)28-26/h10,13,18-20H,6-9,11-12,14-17H2,1-5H3,(H,27,35)(H,28,32)(H,29,34)/b13-10-/t18-,19+,20+,26-/m1/s1. The lowest BCUT2D eigenvalue weighted by Crippen LogP contribution is -2.59. The highest BCUT2D eigenvalue weighted by Crippen LogP contribution is 2.45. The first-order valence-corrected chi connectivity index (χ1v) is 15.2. The number of nitrogens with zero attached hydrogens (tertiary/aromatic N) is 2. The van der Waals surface area contributed by atoms with Gasteiger partial charge in [0, 0.05) is 26.1 Å². The number of nitrogens with one attached hydrogen (secondary N) is 3. The molecule has 220 valence electrons. The summed E-state index contributed by atoms with van der Waals surface area (Å²) in [5, 5.41) is 5.50. The third-order valence-electron chi connectivity index (χ3n) is 7.40. The Morgan fingerprint density at radius 1 is 1.18 bits per heavy atom. The predicted molar refractivity (Wildman–Crippen MR) is 144 cm³/mol. The molecule has 3 N–H and O–H groups in total. The zero-order valence-electron chi connectivity index (χ0n) is 23.6. The number of carbonyl (C=O) groups is 4. The van der Waals surface area contributed by atoms with Crippen molar-refractivity contribution in [1.82, 2.24) is 24.6 Å². The summed E-state index contributed by atoms with van der Waals surface area (Å²) in [6.07, 6.45) is 7.84. The Morgan fingerprint density at radius 2 is 1.90 bits per heavy atom. The first-order chi connectivity index (χ1) is 18.2. The molecule has 0 aromatic carbocycles. The van der Waals surface area contributed by atoms with Gasteiger partial charge in [-0.1, -0.05) is 31.9 Å². The Labute approximate surface area is 231 Å². The molecular weight excluding hydrogens is 526 g/mol. The van der Waals surface area contributed by atoms with Crippen LogP contribution in [0.25, 0.3) is 0 Å². The summed E-state index contributed by atoms with van der Waals surface area (Å²) in [5.74, 6) is -2.04. The molecule has 3 rings (SSSR count). The van der Waals surface area contributed by atoms with Crippen LogP contribution in [0.1, 0.15) is 79.1 Å². The first-order valence-electron chi connectivity index (χ1n) is 13.8. The molecule has 1 aliphatic carbocycles. The quantitative estimate of drug-likeness (QED) is 0.425. The van der Waals surface area contributed by atoms with E-state index in [9.17, 15) is 27.6 Å². The second-order valence-corrected chi connectivity index (χ2v) is 13.4. The van der Waals surface area contributed by atoms with Gasteiger partial charge in [-0.15, -0.1) is 0 Å². The van der Waals surface area contributed by atoms with Gasteiger partial charge in [0.2, 0.25) is 11.8 Å². The highest BCUT2D eigenvalue weighted by Gasteiger charge is 2.61. The van der Waals surface area contributed by atoms with Gasteiger partial charge >= 0.3 is 16.3 Å². The van der Waals surface area contributed by atoms with Crippen LogP contribution in [-0.2, 0) is 29.3 Å². The van der Waals surface area contributed by atoms with Gasteiger partial charge in [0.25, 0.3) is 5.91 Å². The van der Waals surface area contributed by atoms with Crippen LogP contribution in [0.3, 0.4) is 0 Å². The van der Waals surface area contributed by atoms with Crippen molar-refractivity contribution in [3.8, 4) is 0 Å². The average Bonchev–Trinajstić information content (AvgIpc) is 3.30. The van der Waals surface area contributed by atoms with Crippen molar-refractivity contribution in [2.24, 2.45) is 5.92 Å². The Hall–Kier alpha value is -2.67. The van der Waals surface area contributed by atoms with Gasteiger partial charge in [-0.3, -0.25) is 14.4 Å². The van der Waals surface area contributed by atoms with Crippen molar-refractivity contribution < 1.29 is 32.3 Å². The third kappa shape index (κ3) is 7.71. The molecule has 39 heavy (non-hydrogen) atoms. The summed E-state index contributed by atoms with van der Waals surface area (Å²) in [6, 6.07) is -1.69. The highest BCUT2D eigenvalue weighted by atomic mass is 32.2. The van der Waals surface area contributed by atoms with Gasteiger partial charge < -0.3 is 20.3 Å². The Kier molecular flexibility index (Phi) is 9.69. The summed E-state index contributed by atoms with van der Waals surface area (Å²) >= 11 is 0. The molecule has 1 saturated carbocycles. The molecule has 0 bridgehead atoms. The summed E-state index contributed by atoms with van der Waals surface area (Å²) in [5.41, 5.74) is -2.15. The molecule has 1 saturated heterocycles. The maximum absolute atomic E-state index is 13.6. The van der Waals surface area contributed by atoms with Gasteiger partial charge in [0.05, 0.1) is 0 Å². The van der Waals surface area contributed by atoms with Crippen molar-refractivity contribution in [2.45, 2.75) is 102 Å². The number of fused-ring (bicyclic) bond motifs is 2. The number of alkyl carbamates (subject to hydrolysis) is 1. The van der Waals surface area contributed by atoms with Gasteiger partial charge in [0.15, 0.2) is 0 Å². The van der Waals surface area contributed by atoms with Crippen LogP contribution in [0.2, 0.25) is 0 Å². The summed E-state index contributed by atoms with van der Waals surface area (Å²) in [6.45, 7) is 7.36. The minimum atomic E-state index is -4.07. The van der Waals surface area contributed by atoms with Crippen molar-refractivity contribution in [3.63, 3.8) is 0 Å². The Morgan fingerprint density at radius 3 is 2.56 bits per heavy atom. The lowest BCUT2D eigenvalue weighted by molar-refractivity contribution is -0.141. The van der Waals surface area contributed by atoms with E-state index in [1.807, 2.05) is 12.2 Å². The maximum atomic E-state index is 13.6. The minimum Gasteiger partial charge on any atom is -0.444 e. The van der Waals surface area contributed by atoms with Crippen LogP contribution >= 0.6 is 0 Å². The second-order valence-electron chi connectivity index (χ2n) is 11.6. The van der Waals surface area contributed by atoms with Crippen LogP contribution < -0.4 is 15.4 Å². The first kappa shape index (κ1) is 30.9. The van der Waals surface area contributed by atoms with Gasteiger partial charge in [-0.25, -0.2) is 9.52 Å². The number of amides is 4. The molecule has 2 aliphatic heterocycles. The molecule has 3 aliphatic rings. The van der Waals surface area contributed by atoms with Gasteiger partial charge in [-0.05, 0) is 59.3 Å². The molecule has 4 amide bonds. The number of hydrogen-bond acceptors (Lipinski definition) is 7. The monoisotopic (exact) mass is 569 g/mol. The predicted octanol–water partition coefficient (Wildman–Crippen LogP) is 1.58. The van der Waals surface area contributed by atoms with Crippen LogP contribution in [0, 0.1) is 5.92 Å². The molecule has 0 aromatic rings. The van der Waals surface area contributed by atoms with E-state index in [0.29, 0.717) is 32.2 Å². The number of hydrogen-bond donors (Lipinski definition) is 3.